The molecule has 0 bridgehead atoms. The summed E-state index contributed by atoms with van der Waals surface area (Å²) in [6.45, 7) is 5.63. The summed E-state index contributed by atoms with van der Waals surface area (Å²) in [5, 5.41) is 16.6. The van der Waals surface area contributed by atoms with Crippen LogP contribution >= 0.6 is 11.3 Å². The highest BCUT2D eigenvalue weighted by Crippen LogP contribution is 2.35. The Hall–Kier alpha value is -4.00. The number of carbonyl (C=O) groups excluding carboxylic acids is 2. The first kappa shape index (κ1) is 28.0. The molecule has 9 nitrogen and oxygen atoms in total. The second kappa shape index (κ2) is 11.8. The quantitative estimate of drug-likeness (QED) is 0.284. The summed E-state index contributed by atoms with van der Waals surface area (Å²) in [4.78, 5) is 29.8. The van der Waals surface area contributed by atoms with Crippen LogP contribution < -0.4 is 10.2 Å². The van der Waals surface area contributed by atoms with E-state index in [9.17, 15) is 22.8 Å². The lowest BCUT2D eigenvalue weighted by molar-refractivity contribution is -0.137. The van der Waals surface area contributed by atoms with Crippen molar-refractivity contribution in [2.24, 2.45) is 5.92 Å². The lowest BCUT2D eigenvalue weighted by atomic mass is 10.1. The van der Waals surface area contributed by atoms with Crippen LogP contribution in [0.2, 0.25) is 0 Å². The molecule has 0 spiro atoms. The summed E-state index contributed by atoms with van der Waals surface area (Å²) in [5.74, 6) is 0.228. The number of alkyl halides is 3. The van der Waals surface area contributed by atoms with Gasteiger partial charge in [0.1, 0.15) is 18.3 Å². The van der Waals surface area contributed by atoms with Gasteiger partial charge >= 0.3 is 6.18 Å². The maximum Gasteiger partial charge on any atom is 0.416 e. The van der Waals surface area contributed by atoms with Crippen LogP contribution in [0, 0.1) is 12.8 Å². The molecule has 0 aliphatic carbocycles. The monoisotopic (exact) mass is 560 g/mol. The average molecular weight is 561 g/mol. The number of rotatable bonds is 10. The summed E-state index contributed by atoms with van der Waals surface area (Å²) in [5.41, 5.74) is -1.04. The maximum absolute atomic E-state index is 13.8. The van der Waals surface area contributed by atoms with Crippen LogP contribution in [-0.2, 0) is 22.3 Å². The molecular weight excluding hydrogens is 533 g/mol. The molecule has 4 rings (SSSR count). The van der Waals surface area contributed by atoms with E-state index in [1.54, 1.807) is 36.6 Å². The van der Waals surface area contributed by atoms with Crippen molar-refractivity contribution in [1.29, 1.82) is 0 Å². The Morgan fingerprint density at radius 1 is 1.15 bits per heavy atom. The number of furan rings is 1. The van der Waals surface area contributed by atoms with Gasteiger partial charge in [-0.15, -0.1) is 21.5 Å². The molecule has 1 atom stereocenters. The van der Waals surface area contributed by atoms with Gasteiger partial charge in [0.15, 0.2) is 5.76 Å². The lowest BCUT2D eigenvalue weighted by Gasteiger charge is -2.31. The zero-order valence-electron chi connectivity index (χ0n) is 21.5. The van der Waals surface area contributed by atoms with Crippen molar-refractivity contribution in [2.45, 2.75) is 46.0 Å². The first-order chi connectivity index (χ1) is 18.5. The summed E-state index contributed by atoms with van der Waals surface area (Å²) < 4.78 is 46.3. The van der Waals surface area contributed by atoms with Gasteiger partial charge in [-0.2, -0.15) is 18.0 Å². The number of hydrogen-bond donors (Lipinski definition) is 1. The molecule has 0 unspecified atom stereocenters. The molecule has 0 radical (unpaired) electrons. The van der Waals surface area contributed by atoms with Gasteiger partial charge in [0.2, 0.25) is 11.7 Å². The molecule has 4 aromatic rings. The zero-order chi connectivity index (χ0) is 28.2. The van der Waals surface area contributed by atoms with E-state index in [1.165, 1.54) is 23.5 Å². The van der Waals surface area contributed by atoms with Crippen molar-refractivity contribution in [2.75, 3.05) is 11.4 Å². The predicted octanol–water partition coefficient (Wildman–Crippen LogP) is 5.26. The summed E-state index contributed by atoms with van der Waals surface area (Å²) in [7, 11) is 0. The number of nitrogens with zero attached hydrogens (tertiary/aromatic N) is 5. The van der Waals surface area contributed by atoms with E-state index in [1.807, 2.05) is 13.8 Å². The molecule has 39 heavy (non-hydrogen) atoms. The van der Waals surface area contributed by atoms with Crippen molar-refractivity contribution in [3.8, 4) is 11.6 Å². The van der Waals surface area contributed by atoms with Crippen LogP contribution in [0.1, 0.15) is 42.5 Å². The molecular formula is C26H27F3N6O3S. The van der Waals surface area contributed by atoms with E-state index in [0.29, 0.717) is 35.3 Å². The molecule has 3 aromatic heterocycles. The van der Waals surface area contributed by atoms with Gasteiger partial charge in [0, 0.05) is 17.1 Å². The number of tetrazole rings is 1. The largest absolute Gasteiger partial charge is 0.458 e. The summed E-state index contributed by atoms with van der Waals surface area (Å²) >= 11 is 1.22. The van der Waals surface area contributed by atoms with E-state index in [4.69, 9.17) is 4.42 Å². The second-order valence-corrected chi connectivity index (χ2v) is 10.2. The fraction of sp³-hybridized carbons (Fsp3) is 0.346. The molecule has 0 saturated heterocycles. The van der Waals surface area contributed by atoms with Gasteiger partial charge < -0.3 is 9.73 Å². The fourth-order valence-corrected chi connectivity index (χ4v) is 4.64. The molecule has 0 aliphatic rings. The van der Waals surface area contributed by atoms with Gasteiger partial charge in [0.05, 0.1) is 5.56 Å². The number of anilines is 1. The molecule has 1 aromatic carbocycles. The number of carbonyl (C=O) groups is 2. The molecule has 13 heteroatoms. The van der Waals surface area contributed by atoms with Crippen LogP contribution in [-0.4, -0.2) is 38.6 Å². The van der Waals surface area contributed by atoms with E-state index in [0.717, 1.165) is 21.8 Å². The number of amides is 2. The second-order valence-electron chi connectivity index (χ2n) is 9.26. The standard InChI is InChI=1S/C26H27F3N6O3S/c1-16(2)11-12-30-25(37)23(21-8-5-13-39-21)35(19-7-4-6-18(14-19)26(27,28)29)22(36)15-34-32-24(31-33-34)20-10-9-17(3)38-20/h4-10,13-14,16,23H,11-12,15H2,1-3H3,(H,30,37)/t23-/m1/s1. The van der Waals surface area contributed by atoms with Gasteiger partial charge in [-0.25, -0.2) is 0 Å². The van der Waals surface area contributed by atoms with Crippen LogP contribution in [0.3, 0.4) is 0 Å². The first-order valence-corrected chi connectivity index (χ1v) is 13.1. The Morgan fingerprint density at radius 2 is 1.95 bits per heavy atom. The lowest BCUT2D eigenvalue weighted by Crippen LogP contribution is -2.45. The highest BCUT2D eigenvalue weighted by Gasteiger charge is 2.36. The van der Waals surface area contributed by atoms with Crippen LogP contribution in [0.15, 0.2) is 58.3 Å². The van der Waals surface area contributed by atoms with E-state index in [2.05, 4.69) is 20.7 Å². The van der Waals surface area contributed by atoms with E-state index < -0.39 is 36.1 Å². The number of aromatic nitrogens is 4. The third-order valence-electron chi connectivity index (χ3n) is 5.75. The number of aryl methyl sites for hydroxylation is 1. The highest BCUT2D eigenvalue weighted by atomic mass is 32.1. The van der Waals surface area contributed by atoms with Crippen molar-refractivity contribution in [3.05, 3.63) is 70.1 Å². The van der Waals surface area contributed by atoms with Crippen molar-refractivity contribution < 1.29 is 27.2 Å². The number of thiophene rings is 1. The smallest absolute Gasteiger partial charge is 0.416 e. The van der Waals surface area contributed by atoms with Gasteiger partial charge in [-0.05, 0) is 66.3 Å². The first-order valence-electron chi connectivity index (χ1n) is 12.2. The van der Waals surface area contributed by atoms with Crippen LogP contribution in [0.5, 0.6) is 0 Å². The Morgan fingerprint density at radius 3 is 2.59 bits per heavy atom. The van der Waals surface area contributed by atoms with Crippen LogP contribution in [0.25, 0.3) is 11.6 Å². The van der Waals surface area contributed by atoms with Crippen molar-refractivity contribution in [1.82, 2.24) is 25.5 Å². The minimum absolute atomic E-state index is 0.0887. The summed E-state index contributed by atoms with van der Waals surface area (Å²) in [6, 6.07) is 9.85. The Balaban J connectivity index is 1.72. The number of hydrogen-bond acceptors (Lipinski definition) is 7. The molecule has 3 heterocycles. The Kier molecular flexibility index (Phi) is 8.48. The molecule has 2 amide bonds. The fourth-order valence-electron chi connectivity index (χ4n) is 3.83. The minimum Gasteiger partial charge on any atom is -0.458 e. The summed E-state index contributed by atoms with van der Waals surface area (Å²) in [6.07, 6.45) is -3.95. The van der Waals surface area contributed by atoms with E-state index >= 15 is 0 Å². The van der Waals surface area contributed by atoms with Crippen molar-refractivity contribution in [3.63, 3.8) is 0 Å². The highest BCUT2D eigenvalue weighted by molar-refractivity contribution is 7.10. The molecule has 0 aliphatic heterocycles. The normalized spacial score (nSPS) is 12.5. The SMILES string of the molecule is Cc1ccc(-c2nnn(CC(=O)N(c3cccc(C(F)(F)F)c3)[C@@H](C(=O)NCCC(C)C)c3cccs3)n2)o1. The molecule has 0 saturated carbocycles. The zero-order valence-corrected chi connectivity index (χ0v) is 22.3. The third kappa shape index (κ3) is 6.91. The Labute approximate surface area is 226 Å². The van der Waals surface area contributed by atoms with Gasteiger partial charge in [-0.3, -0.25) is 14.5 Å². The predicted molar refractivity (Wildman–Crippen MR) is 139 cm³/mol. The van der Waals surface area contributed by atoms with Gasteiger partial charge in [0.25, 0.3) is 5.91 Å². The molecule has 206 valence electrons. The Bertz CT molecular complexity index is 1410. The average Bonchev–Trinajstić information content (AvgIpc) is 3.64. The number of halogens is 3. The molecule has 0 fully saturated rings. The third-order valence-corrected chi connectivity index (χ3v) is 6.68. The number of benzene rings is 1. The van der Waals surface area contributed by atoms with E-state index in [-0.39, 0.29) is 11.5 Å². The maximum atomic E-state index is 13.8. The topological polar surface area (TPSA) is 106 Å². The minimum atomic E-state index is -4.65. The number of nitrogens with one attached hydrogen (secondary N) is 1. The van der Waals surface area contributed by atoms with Crippen molar-refractivity contribution >= 4 is 28.8 Å². The van der Waals surface area contributed by atoms with Crippen LogP contribution in [0.4, 0.5) is 18.9 Å². The molecule has 1 N–H and O–H groups in total. The van der Waals surface area contributed by atoms with Gasteiger partial charge in [-0.1, -0.05) is 26.0 Å².